The first kappa shape index (κ1) is 16.9. The number of hydrogen-bond acceptors (Lipinski definition) is 3. The SMILES string of the molecule is C[NH+](C)CCCCC[NH2+]CCCNC(=O)/C=N/O. The van der Waals surface area contributed by atoms with E-state index in [0.717, 1.165) is 25.7 Å². The van der Waals surface area contributed by atoms with Crippen LogP contribution in [0.3, 0.4) is 0 Å². The summed E-state index contributed by atoms with van der Waals surface area (Å²) in [6.07, 6.45) is 5.66. The van der Waals surface area contributed by atoms with Crippen LogP contribution in [0, 0.1) is 0 Å². The van der Waals surface area contributed by atoms with Crippen LogP contribution >= 0.6 is 0 Å². The van der Waals surface area contributed by atoms with Crippen molar-refractivity contribution < 1.29 is 20.2 Å². The second-order valence-electron chi connectivity index (χ2n) is 4.77. The normalized spacial score (nSPS) is 11.3. The number of nitrogens with two attached hydrogens (primary N) is 1. The van der Waals surface area contributed by atoms with Crippen LogP contribution in [0.25, 0.3) is 0 Å². The molecule has 0 saturated heterocycles. The molecule has 0 aliphatic heterocycles. The molecule has 0 aromatic heterocycles. The van der Waals surface area contributed by atoms with Crippen molar-refractivity contribution in [2.24, 2.45) is 5.16 Å². The summed E-state index contributed by atoms with van der Waals surface area (Å²) < 4.78 is 0. The van der Waals surface area contributed by atoms with E-state index in [4.69, 9.17) is 5.21 Å². The van der Waals surface area contributed by atoms with Crippen LogP contribution in [-0.2, 0) is 4.79 Å². The Morgan fingerprint density at radius 3 is 2.67 bits per heavy atom. The lowest BCUT2D eigenvalue weighted by Gasteiger charge is -2.06. The third-order valence-corrected chi connectivity index (χ3v) is 2.64. The first-order valence-corrected chi connectivity index (χ1v) is 6.72. The van der Waals surface area contributed by atoms with E-state index in [1.54, 1.807) is 0 Å². The molecule has 0 bridgehead atoms. The summed E-state index contributed by atoms with van der Waals surface area (Å²) in [4.78, 5) is 12.4. The van der Waals surface area contributed by atoms with Gasteiger partial charge in [-0.2, -0.15) is 0 Å². The van der Waals surface area contributed by atoms with Gasteiger partial charge in [0, 0.05) is 13.0 Å². The molecule has 0 aliphatic rings. The Kier molecular flexibility index (Phi) is 11.5. The number of quaternary nitrogens is 2. The Balaban J connectivity index is 3.10. The first-order chi connectivity index (χ1) is 8.66. The summed E-state index contributed by atoms with van der Waals surface area (Å²) in [6, 6.07) is 0. The molecule has 0 fully saturated rings. The largest absolute Gasteiger partial charge is 0.411 e. The van der Waals surface area contributed by atoms with Gasteiger partial charge in [-0.3, -0.25) is 4.79 Å². The molecule has 0 saturated carbocycles. The van der Waals surface area contributed by atoms with Crippen LogP contribution in [-0.4, -0.2) is 57.6 Å². The molecular formula is C12H28N4O2+2. The molecule has 18 heavy (non-hydrogen) atoms. The molecular weight excluding hydrogens is 232 g/mol. The average molecular weight is 260 g/mol. The van der Waals surface area contributed by atoms with E-state index in [9.17, 15) is 4.79 Å². The second kappa shape index (κ2) is 12.3. The molecule has 0 aliphatic carbocycles. The number of nitrogens with zero attached hydrogens (tertiary/aromatic N) is 1. The van der Waals surface area contributed by atoms with Crippen molar-refractivity contribution in [3.8, 4) is 0 Å². The van der Waals surface area contributed by atoms with Crippen LogP contribution in [0.4, 0.5) is 0 Å². The van der Waals surface area contributed by atoms with Gasteiger partial charge in [0.2, 0.25) is 0 Å². The summed E-state index contributed by atoms with van der Waals surface area (Å²) in [7, 11) is 4.36. The highest BCUT2D eigenvalue weighted by Crippen LogP contribution is 1.88. The van der Waals surface area contributed by atoms with E-state index in [2.05, 4.69) is 29.9 Å². The third kappa shape index (κ3) is 12.9. The van der Waals surface area contributed by atoms with Crippen molar-refractivity contribution in [1.82, 2.24) is 5.32 Å². The lowest BCUT2D eigenvalue weighted by atomic mass is 10.2. The summed E-state index contributed by atoms with van der Waals surface area (Å²) in [5, 5.41) is 15.7. The third-order valence-electron chi connectivity index (χ3n) is 2.64. The zero-order chi connectivity index (χ0) is 13.6. The standard InChI is InChI=1S/C12H26N4O2/c1-16(2)10-5-3-4-7-13-8-6-9-14-12(17)11-15-18/h11,13,18H,3-10H2,1-2H3,(H,14,17)/p+2/b15-11+. The van der Waals surface area contributed by atoms with Gasteiger partial charge >= 0.3 is 0 Å². The van der Waals surface area contributed by atoms with Gasteiger partial charge < -0.3 is 20.7 Å². The Bertz CT molecular complexity index is 232. The van der Waals surface area contributed by atoms with E-state index in [0.29, 0.717) is 6.54 Å². The van der Waals surface area contributed by atoms with Crippen molar-refractivity contribution in [2.45, 2.75) is 25.7 Å². The predicted molar refractivity (Wildman–Crippen MR) is 71.1 cm³/mol. The average Bonchev–Trinajstić information content (AvgIpc) is 2.31. The lowest BCUT2D eigenvalue weighted by molar-refractivity contribution is -0.858. The first-order valence-electron chi connectivity index (χ1n) is 6.72. The van der Waals surface area contributed by atoms with Crippen molar-refractivity contribution in [3.63, 3.8) is 0 Å². The van der Waals surface area contributed by atoms with E-state index in [1.165, 1.54) is 30.7 Å². The number of unbranched alkanes of at least 4 members (excludes halogenated alkanes) is 2. The van der Waals surface area contributed by atoms with E-state index >= 15 is 0 Å². The lowest BCUT2D eigenvalue weighted by Crippen LogP contribution is -3.05. The monoisotopic (exact) mass is 260 g/mol. The van der Waals surface area contributed by atoms with Crippen molar-refractivity contribution in [3.05, 3.63) is 0 Å². The molecule has 0 aromatic carbocycles. The van der Waals surface area contributed by atoms with Crippen LogP contribution < -0.4 is 15.5 Å². The van der Waals surface area contributed by atoms with Gasteiger partial charge in [0.15, 0.2) is 0 Å². The fourth-order valence-corrected chi connectivity index (χ4v) is 1.64. The smallest absolute Gasteiger partial charge is 0.265 e. The van der Waals surface area contributed by atoms with Gasteiger partial charge in [-0.25, -0.2) is 0 Å². The molecule has 1 amide bonds. The number of oxime groups is 1. The van der Waals surface area contributed by atoms with E-state index in [1.807, 2.05) is 0 Å². The zero-order valence-corrected chi connectivity index (χ0v) is 11.6. The van der Waals surface area contributed by atoms with Crippen LogP contribution in [0.1, 0.15) is 25.7 Å². The van der Waals surface area contributed by atoms with Gasteiger partial charge in [-0.1, -0.05) is 5.16 Å². The molecule has 0 spiro atoms. The maximum absolute atomic E-state index is 10.9. The highest BCUT2D eigenvalue weighted by atomic mass is 16.4. The number of carbonyl (C=O) groups excluding carboxylic acids is 1. The van der Waals surface area contributed by atoms with Crippen molar-refractivity contribution in [2.75, 3.05) is 40.3 Å². The zero-order valence-electron chi connectivity index (χ0n) is 11.6. The maximum Gasteiger partial charge on any atom is 0.265 e. The minimum absolute atomic E-state index is 0.344. The summed E-state index contributed by atoms with van der Waals surface area (Å²) >= 11 is 0. The van der Waals surface area contributed by atoms with Gasteiger partial charge in [-0.15, -0.1) is 0 Å². The van der Waals surface area contributed by atoms with Gasteiger partial charge in [0.1, 0.15) is 6.21 Å². The highest BCUT2D eigenvalue weighted by molar-refractivity contribution is 6.25. The molecule has 0 aromatic rings. The number of rotatable bonds is 11. The van der Waals surface area contributed by atoms with Gasteiger partial charge in [-0.05, 0) is 19.3 Å². The molecule has 0 atom stereocenters. The van der Waals surface area contributed by atoms with Crippen molar-refractivity contribution in [1.29, 1.82) is 0 Å². The second-order valence-corrected chi connectivity index (χ2v) is 4.77. The predicted octanol–water partition coefficient (Wildman–Crippen LogP) is -2.17. The van der Waals surface area contributed by atoms with E-state index < -0.39 is 0 Å². The summed E-state index contributed by atoms with van der Waals surface area (Å²) in [6.45, 7) is 4.06. The van der Waals surface area contributed by atoms with Crippen molar-refractivity contribution >= 4 is 12.1 Å². The minimum Gasteiger partial charge on any atom is -0.411 e. The quantitative estimate of drug-likeness (QED) is 0.148. The molecule has 106 valence electrons. The topological polar surface area (TPSA) is 82.7 Å². The number of nitrogens with one attached hydrogen (secondary N) is 2. The molecule has 6 heteroatoms. The number of carbonyl (C=O) groups is 1. The Labute approximate surface area is 109 Å². The van der Waals surface area contributed by atoms with Crippen LogP contribution in [0.15, 0.2) is 5.16 Å². The summed E-state index contributed by atoms with van der Waals surface area (Å²) in [5.74, 6) is -0.344. The number of amides is 1. The highest BCUT2D eigenvalue weighted by Gasteiger charge is 1.97. The minimum atomic E-state index is -0.344. The molecule has 0 unspecified atom stereocenters. The summed E-state index contributed by atoms with van der Waals surface area (Å²) in [5.41, 5.74) is 0. The van der Waals surface area contributed by atoms with Gasteiger partial charge in [0.25, 0.3) is 5.91 Å². The molecule has 6 nitrogen and oxygen atoms in total. The molecule has 0 radical (unpaired) electrons. The Morgan fingerprint density at radius 1 is 1.28 bits per heavy atom. The fourth-order valence-electron chi connectivity index (χ4n) is 1.64. The van der Waals surface area contributed by atoms with Crippen LogP contribution in [0.2, 0.25) is 0 Å². The Morgan fingerprint density at radius 2 is 2.00 bits per heavy atom. The molecule has 0 rings (SSSR count). The van der Waals surface area contributed by atoms with Crippen LogP contribution in [0.5, 0.6) is 0 Å². The Hall–Kier alpha value is -1.14. The fraction of sp³-hybridized carbons (Fsp3) is 0.833. The molecule has 0 heterocycles. The number of hydrogen-bond donors (Lipinski definition) is 4. The maximum atomic E-state index is 10.9. The van der Waals surface area contributed by atoms with Gasteiger partial charge in [0.05, 0.1) is 33.7 Å². The molecule has 5 N–H and O–H groups in total. The van der Waals surface area contributed by atoms with E-state index in [-0.39, 0.29) is 5.91 Å².